The predicted molar refractivity (Wildman–Crippen MR) is 69.7 cm³/mol. The summed E-state index contributed by atoms with van der Waals surface area (Å²) in [5.41, 5.74) is -0.899. The maximum absolute atomic E-state index is 13.4. The third-order valence-electron chi connectivity index (χ3n) is 3.21. The summed E-state index contributed by atoms with van der Waals surface area (Å²) >= 11 is 0. The Morgan fingerprint density at radius 3 is 2.65 bits per heavy atom. The first-order chi connectivity index (χ1) is 9.54. The zero-order valence-electron chi connectivity index (χ0n) is 10.4. The first-order valence-electron chi connectivity index (χ1n) is 5.93. The van der Waals surface area contributed by atoms with Crippen molar-refractivity contribution in [1.29, 1.82) is 0 Å². The fraction of sp³-hybridized carbons (Fsp3) is 0.154. The number of aromatic amines is 1. The van der Waals surface area contributed by atoms with Crippen molar-refractivity contribution in [2.75, 3.05) is 0 Å². The van der Waals surface area contributed by atoms with Gasteiger partial charge in [-0.15, -0.1) is 0 Å². The van der Waals surface area contributed by atoms with Gasteiger partial charge >= 0.3 is 0 Å². The fourth-order valence-corrected chi connectivity index (χ4v) is 2.31. The van der Waals surface area contributed by atoms with Gasteiger partial charge in [0.05, 0.1) is 11.8 Å². The van der Waals surface area contributed by atoms with Crippen molar-refractivity contribution < 1.29 is 8.78 Å². The van der Waals surface area contributed by atoms with Crippen LogP contribution in [0.15, 0.2) is 28.0 Å². The molecule has 0 radical (unpaired) electrons. The Labute approximate surface area is 110 Å². The molecule has 1 N–H and O–H groups in total. The number of rotatable bonds is 1. The number of pyridine rings is 1. The summed E-state index contributed by atoms with van der Waals surface area (Å²) in [7, 11) is 0. The second-order valence-corrected chi connectivity index (χ2v) is 4.29. The van der Waals surface area contributed by atoms with E-state index < -0.39 is 22.6 Å². The van der Waals surface area contributed by atoms with Crippen LogP contribution < -0.4 is 11.0 Å². The Morgan fingerprint density at radius 1 is 1.25 bits per heavy atom. The van der Waals surface area contributed by atoms with Gasteiger partial charge in [0.15, 0.2) is 17.3 Å². The summed E-state index contributed by atoms with van der Waals surface area (Å²) in [5, 5.41) is -0.204. The molecule has 0 saturated heterocycles. The third-order valence-corrected chi connectivity index (χ3v) is 3.21. The highest BCUT2D eigenvalue weighted by Gasteiger charge is 2.16. The van der Waals surface area contributed by atoms with Crippen LogP contribution in [0.5, 0.6) is 0 Å². The summed E-state index contributed by atoms with van der Waals surface area (Å²) in [5.74, 6) is -2.18. The number of fused-ring (bicyclic) bond motifs is 2. The molecular weight excluding hydrogens is 268 g/mol. The quantitative estimate of drug-likeness (QED) is 0.686. The topological polar surface area (TPSA) is 67.8 Å². The predicted octanol–water partition coefficient (Wildman–Crippen LogP) is 1.54. The number of halogens is 2. The third kappa shape index (κ3) is 1.56. The van der Waals surface area contributed by atoms with Crippen LogP contribution in [0.3, 0.4) is 0 Å². The summed E-state index contributed by atoms with van der Waals surface area (Å²) in [6.07, 6.45) is 1.17. The number of nitrogens with one attached hydrogen (secondary N) is 1. The van der Waals surface area contributed by atoms with Gasteiger partial charge in [0.2, 0.25) is 5.43 Å². The van der Waals surface area contributed by atoms with E-state index in [0.717, 1.165) is 12.1 Å². The van der Waals surface area contributed by atoms with Crippen LogP contribution in [0.4, 0.5) is 8.78 Å². The number of hydrogen-bond acceptors (Lipinski definition) is 3. The monoisotopic (exact) mass is 277 g/mol. The number of H-pyrrole nitrogens is 1. The Kier molecular flexibility index (Phi) is 2.63. The molecule has 2 aromatic heterocycles. The zero-order valence-corrected chi connectivity index (χ0v) is 10.4. The van der Waals surface area contributed by atoms with Gasteiger partial charge in [-0.2, -0.15) is 0 Å². The summed E-state index contributed by atoms with van der Waals surface area (Å²) in [6.45, 7) is 2.11. The van der Waals surface area contributed by atoms with Gasteiger partial charge in [-0.3, -0.25) is 9.59 Å². The van der Waals surface area contributed by atoms with E-state index in [1.165, 1.54) is 10.9 Å². The molecule has 0 saturated carbocycles. The van der Waals surface area contributed by atoms with Crippen LogP contribution in [0, 0.1) is 11.6 Å². The van der Waals surface area contributed by atoms with Gasteiger partial charge in [-0.1, -0.05) is 0 Å². The van der Waals surface area contributed by atoms with Crippen molar-refractivity contribution in [2.24, 2.45) is 0 Å². The molecule has 0 fully saturated rings. The molecule has 0 bridgehead atoms. The Bertz CT molecular complexity index is 960. The fourth-order valence-electron chi connectivity index (χ4n) is 2.31. The van der Waals surface area contributed by atoms with Crippen LogP contribution in [0.1, 0.15) is 6.92 Å². The Balaban J connectivity index is 2.73. The largest absolute Gasteiger partial charge is 0.325 e. The number of nitrogens with zero attached hydrogens (tertiary/aromatic N) is 2. The molecule has 0 aliphatic heterocycles. The SMILES string of the molecule is CCn1c2cc(F)c(F)cc2c(=O)c2c(=O)[nH]cnc21. The average molecular weight is 277 g/mol. The maximum atomic E-state index is 13.4. The van der Waals surface area contributed by atoms with Crippen molar-refractivity contribution in [3.8, 4) is 0 Å². The molecule has 7 heteroatoms. The van der Waals surface area contributed by atoms with E-state index in [2.05, 4.69) is 9.97 Å². The number of aromatic nitrogens is 3. The Morgan fingerprint density at radius 2 is 1.95 bits per heavy atom. The van der Waals surface area contributed by atoms with Gasteiger partial charge in [0.1, 0.15) is 5.39 Å². The van der Waals surface area contributed by atoms with Crippen molar-refractivity contribution in [1.82, 2.24) is 14.5 Å². The lowest BCUT2D eigenvalue weighted by molar-refractivity contribution is 0.510. The molecule has 3 aromatic rings. The number of hydrogen-bond donors (Lipinski definition) is 1. The lowest BCUT2D eigenvalue weighted by Gasteiger charge is -2.11. The zero-order chi connectivity index (χ0) is 14.4. The molecule has 102 valence electrons. The highest BCUT2D eigenvalue weighted by atomic mass is 19.2. The van der Waals surface area contributed by atoms with E-state index in [4.69, 9.17) is 0 Å². The molecular formula is C13H9F2N3O2. The first kappa shape index (κ1) is 12.5. The van der Waals surface area contributed by atoms with Crippen LogP contribution >= 0.6 is 0 Å². The highest BCUT2D eigenvalue weighted by Crippen LogP contribution is 2.19. The summed E-state index contributed by atoms with van der Waals surface area (Å²) in [4.78, 5) is 30.3. The first-order valence-corrected chi connectivity index (χ1v) is 5.93. The van der Waals surface area contributed by atoms with Crippen molar-refractivity contribution in [3.63, 3.8) is 0 Å². The maximum Gasteiger partial charge on any atom is 0.264 e. The van der Waals surface area contributed by atoms with Crippen LogP contribution in [0.2, 0.25) is 0 Å². The van der Waals surface area contributed by atoms with E-state index in [1.807, 2.05) is 0 Å². The van der Waals surface area contributed by atoms with Crippen molar-refractivity contribution in [3.05, 3.63) is 50.7 Å². The molecule has 0 spiro atoms. The standard InChI is InChI=1S/C13H9F2N3O2/c1-2-18-9-4-8(15)7(14)3-6(9)11(19)10-12(18)16-5-17-13(10)20/h3-5H,2H2,1H3,(H,16,17,20). The van der Waals surface area contributed by atoms with Gasteiger partial charge in [0, 0.05) is 18.0 Å². The molecule has 0 unspecified atom stereocenters. The number of benzene rings is 1. The minimum absolute atomic E-state index is 0.0447. The Hall–Kier alpha value is -2.57. The minimum atomic E-state index is -1.13. The minimum Gasteiger partial charge on any atom is -0.325 e. The molecule has 3 rings (SSSR count). The normalized spacial score (nSPS) is 11.3. The summed E-state index contributed by atoms with van der Waals surface area (Å²) < 4.78 is 28.2. The highest BCUT2D eigenvalue weighted by molar-refractivity contribution is 5.91. The second-order valence-electron chi connectivity index (χ2n) is 4.29. The molecule has 20 heavy (non-hydrogen) atoms. The van der Waals surface area contributed by atoms with Crippen molar-refractivity contribution in [2.45, 2.75) is 13.5 Å². The van der Waals surface area contributed by atoms with E-state index in [-0.39, 0.29) is 21.9 Å². The van der Waals surface area contributed by atoms with Gasteiger partial charge in [0.25, 0.3) is 5.56 Å². The molecule has 0 aliphatic carbocycles. The molecule has 1 aromatic carbocycles. The molecule has 5 nitrogen and oxygen atoms in total. The van der Waals surface area contributed by atoms with E-state index in [1.54, 1.807) is 6.92 Å². The van der Waals surface area contributed by atoms with Crippen LogP contribution in [-0.2, 0) is 6.54 Å². The van der Waals surface area contributed by atoms with Crippen molar-refractivity contribution >= 4 is 21.9 Å². The molecule has 0 aliphatic rings. The summed E-state index contributed by atoms with van der Waals surface area (Å²) in [6, 6.07) is 1.75. The lowest BCUT2D eigenvalue weighted by atomic mass is 10.1. The number of aryl methyl sites for hydroxylation is 1. The molecule has 0 atom stereocenters. The molecule has 2 heterocycles. The lowest BCUT2D eigenvalue weighted by Crippen LogP contribution is -2.21. The van der Waals surface area contributed by atoms with E-state index in [9.17, 15) is 18.4 Å². The van der Waals surface area contributed by atoms with Gasteiger partial charge in [-0.05, 0) is 13.0 Å². The van der Waals surface area contributed by atoms with Crippen LogP contribution in [0.25, 0.3) is 21.9 Å². The van der Waals surface area contributed by atoms with Gasteiger partial charge < -0.3 is 9.55 Å². The van der Waals surface area contributed by atoms with Crippen LogP contribution in [-0.4, -0.2) is 14.5 Å². The molecule has 0 amide bonds. The van der Waals surface area contributed by atoms with E-state index >= 15 is 0 Å². The average Bonchev–Trinajstić information content (AvgIpc) is 2.42. The smallest absolute Gasteiger partial charge is 0.264 e. The van der Waals surface area contributed by atoms with Gasteiger partial charge in [-0.25, -0.2) is 13.8 Å². The van der Waals surface area contributed by atoms with E-state index in [0.29, 0.717) is 6.54 Å². The second kappa shape index (κ2) is 4.22.